The maximum absolute atomic E-state index is 12.2. The molecule has 0 spiro atoms. The van der Waals surface area contributed by atoms with Crippen LogP contribution in [0.2, 0.25) is 10.3 Å². The molecule has 0 saturated carbocycles. The van der Waals surface area contributed by atoms with Gasteiger partial charge in [-0.15, -0.1) is 0 Å². The average Bonchev–Trinajstić information content (AvgIpc) is 2.61. The minimum Gasteiger partial charge on any atom is -0.263 e. The van der Waals surface area contributed by atoms with Crippen LogP contribution in [0.4, 0.5) is 13.2 Å². The molecule has 2 aromatic rings. The topological polar surface area (TPSA) is 30.7 Å². The van der Waals surface area contributed by atoms with E-state index in [0.717, 1.165) is 4.68 Å². The average molecular weight is 296 g/mol. The maximum Gasteiger partial charge on any atom is 0.408 e. The number of halogens is 5. The third kappa shape index (κ3) is 3.36. The summed E-state index contributed by atoms with van der Waals surface area (Å²) in [6.45, 7) is -1.14. The molecule has 2 rings (SSSR count). The van der Waals surface area contributed by atoms with Gasteiger partial charge in [0.15, 0.2) is 0 Å². The van der Waals surface area contributed by atoms with E-state index >= 15 is 0 Å². The second-order valence-electron chi connectivity index (χ2n) is 3.54. The second kappa shape index (κ2) is 4.78. The monoisotopic (exact) mass is 295 g/mol. The van der Waals surface area contributed by atoms with Gasteiger partial charge in [-0.25, -0.2) is 4.98 Å². The number of alkyl halides is 3. The molecule has 0 bridgehead atoms. The summed E-state index contributed by atoms with van der Waals surface area (Å²) in [5, 5.41) is 3.96. The van der Waals surface area contributed by atoms with Gasteiger partial charge in [-0.05, 0) is 17.7 Å². The molecule has 0 fully saturated rings. The molecule has 8 heteroatoms. The molecule has 2 aromatic heterocycles. The number of hydrogen-bond acceptors (Lipinski definition) is 2. The largest absolute Gasteiger partial charge is 0.408 e. The Labute approximate surface area is 110 Å². The zero-order valence-electron chi connectivity index (χ0n) is 8.75. The Kier molecular flexibility index (Phi) is 3.49. The predicted octanol–water partition coefficient (Wildman–Crippen LogP) is 3.81. The van der Waals surface area contributed by atoms with Gasteiger partial charge in [0, 0.05) is 11.8 Å². The van der Waals surface area contributed by atoms with Crippen molar-refractivity contribution in [1.82, 2.24) is 14.8 Å². The zero-order chi connectivity index (χ0) is 13.3. The van der Waals surface area contributed by atoms with Crippen molar-refractivity contribution >= 4 is 23.2 Å². The lowest BCUT2D eigenvalue weighted by molar-refractivity contribution is -0.142. The molecule has 0 aliphatic carbocycles. The van der Waals surface area contributed by atoms with Gasteiger partial charge in [-0.3, -0.25) is 4.68 Å². The lowest BCUT2D eigenvalue weighted by atomic mass is 10.1. The summed E-state index contributed by atoms with van der Waals surface area (Å²) in [4.78, 5) is 3.75. The fraction of sp³-hybridized carbons (Fsp3) is 0.200. The highest BCUT2D eigenvalue weighted by molar-refractivity contribution is 6.32. The Balaban J connectivity index is 2.29. The van der Waals surface area contributed by atoms with Crippen LogP contribution in [-0.4, -0.2) is 20.9 Å². The molecule has 0 radical (unpaired) electrons. The molecule has 0 aliphatic rings. The van der Waals surface area contributed by atoms with E-state index in [1.54, 1.807) is 0 Å². The summed E-state index contributed by atoms with van der Waals surface area (Å²) in [6, 6.07) is 3.00. The summed E-state index contributed by atoms with van der Waals surface area (Å²) in [6.07, 6.45) is -1.72. The predicted molar refractivity (Wildman–Crippen MR) is 61.5 cm³/mol. The third-order valence-electron chi connectivity index (χ3n) is 2.07. The molecular weight excluding hydrogens is 290 g/mol. The van der Waals surface area contributed by atoms with Crippen LogP contribution in [0.3, 0.4) is 0 Å². The van der Waals surface area contributed by atoms with Crippen molar-refractivity contribution in [3.8, 4) is 11.1 Å². The van der Waals surface area contributed by atoms with Gasteiger partial charge in [-0.1, -0.05) is 23.2 Å². The number of hydrogen-bond donors (Lipinski definition) is 0. The van der Waals surface area contributed by atoms with Crippen LogP contribution in [0.15, 0.2) is 24.5 Å². The Hall–Kier alpha value is -1.27. The summed E-state index contributed by atoms with van der Waals surface area (Å²) >= 11 is 11.4. The summed E-state index contributed by atoms with van der Waals surface area (Å²) in [5.41, 5.74) is 1.05. The standard InChI is InChI=1S/C10H6Cl2F3N3/c11-8-1-6(2-9(12)17-8)7-3-16-18(4-7)5-10(13,14)15/h1-4H,5H2. The molecule has 18 heavy (non-hydrogen) atoms. The van der Waals surface area contributed by atoms with Gasteiger partial charge in [0.25, 0.3) is 0 Å². The number of nitrogens with zero attached hydrogens (tertiary/aromatic N) is 3. The first-order valence-electron chi connectivity index (χ1n) is 4.76. The Morgan fingerprint density at radius 2 is 1.72 bits per heavy atom. The zero-order valence-corrected chi connectivity index (χ0v) is 10.3. The Morgan fingerprint density at radius 3 is 2.28 bits per heavy atom. The molecule has 0 unspecified atom stereocenters. The molecule has 0 amide bonds. The minimum atomic E-state index is -4.31. The van der Waals surface area contributed by atoms with E-state index in [1.807, 2.05) is 0 Å². The molecule has 3 nitrogen and oxygen atoms in total. The summed E-state index contributed by atoms with van der Waals surface area (Å²) < 4.78 is 37.3. The fourth-order valence-corrected chi connectivity index (χ4v) is 1.87. The van der Waals surface area contributed by atoms with Crippen LogP contribution in [0.5, 0.6) is 0 Å². The molecule has 0 aliphatic heterocycles. The SMILES string of the molecule is FC(F)(F)Cn1cc(-c2cc(Cl)nc(Cl)c2)cn1. The van der Waals surface area contributed by atoms with Crippen LogP contribution in [0.1, 0.15) is 0 Å². The van der Waals surface area contributed by atoms with Crippen molar-refractivity contribution in [2.45, 2.75) is 12.7 Å². The van der Waals surface area contributed by atoms with E-state index in [0.29, 0.717) is 11.1 Å². The minimum absolute atomic E-state index is 0.168. The second-order valence-corrected chi connectivity index (χ2v) is 4.32. The van der Waals surface area contributed by atoms with Gasteiger partial charge >= 0.3 is 6.18 Å². The van der Waals surface area contributed by atoms with E-state index in [9.17, 15) is 13.2 Å². The molecule has 2 heterocycles. The first kappa shape index (κ1) is 13.2. The number of pyridine rings is 1. The van der Waals surface area contributed by atoms with Crippen molar-refractivity contribution in [3.05, 3.63) is 34.8 Å². The van der Waals surface area contributed by atoms with Crippen molar-refractivity contribution in [2.24, 2.45) is 0 Å². The van der Waals surface area contributed by atoms with E-state index in [2.05, 4.69) is 10.1 Å². The number of aromatic nitrogens is 3. The molecule has 0 atom stereocenters. The van der Waals surface area contributed by atoms with Crippen molar-refractivity contribution < 1.29 is 13.2 Å². The molecule has 0 saturated heterocycles. The molecule has 0 aromatic carbocycles. The van der Waals surface area contributed by atoms with Crippen LogP contribution in [0, 0.1) is 0 Å². The van der Waals surface area contributed by atoms with Crippen LogP contribution in [0.25, 0.3) is 11.1 Å². The third-order valence-corrected chi connectivity index (χ3v) is 2.46. The molecule has 0 N–H and O–H groups in total. The lowest BCUT2D eigenvalue weighted by Crippen LogP contribution is -2.17. The first-order valence-corrected chi connectivity index (χ1v) is 5.52. The smallest absolute Gasteiger partial charge is 0.263 e. The fourth-order valence-electron chi connectivity index (χ4n) is 1.41. The highest BCUT2D eigenvalue weighted by Crippen LogP contribution is 2.25. The van der Waals surface area contributed by atoms with Crippen LogP contribution in [-0.2, 0) is 6.54 Å². The maximum atomic E-state index is 12.2. The van der Waals surface area contributed by atoms with Crippen molar-refractivity contribution in [3.63, 3.8) is 0 Å². The van der Waals surface area contributed by atoms with Crippen molar-refractivity contribution in [2.75, 3.05) is 0 Å². The van der Waals surface area contributed by atoms with Crippen LogP contribution < -0.4 is 0 Å². The highest BCUT2D eigenvalue weighted by atomic mass is 35.5. The van der Waals surface area contributed by atoms with E-state index in [1.165, 1.54) is 24.5 Å². The number of rotatable bonds is 2. The normalized spacial score (nSPS) is 11.8. The van der Waals surface area contributed by atoms with Crippen LogP contribution >= 0.6 is 23.2 Å². The van der Waals surface area contributed by atoms with E-state index < -0.39 is 12.7 Å². The molecular formula is C10H6Cl2F3N3. The summed E-state index contributed by atoms with van der Waals surface area (Å²) in [5.74, 6) is 0. The molecule has 96 valence electrons. The first-order chi connectivity index (χ1) is 8.33. The van der Waals surface area contributed by atoms with E-state index in [4.69, 9.17) is 23.2 Å². The van der Waals surface area contributed by atoms with E-state index in [-0.39, 0.29) is 10.3 Å². The Morgan fingerprint density at radius 1 is 1.11 bits per heavy atom. The van der Waals surface area contributed by atoms with Gasteiger partial charge in [0.05, 0.1) is 6.20 Å². The van der Waals surface area contributed by atoms with Gasteiger partial charge in [0.1, 0.15) is 16.9 Å². The van der Waals surface area contributed by atoms with Gasteiger partial charge in [0.2, 0.25) is 0 Å². The van der Waals surface area contributed by atoms with Gasteiger partial charge < -0.3 is 0 Å². The quantitative estimate of drug-likeness (QED) is 0.789. The summed E-state index contributed by atoms with van der Waals surface area (Å²) in [7, 11) is 0. The highest BCUT2D eigenvalue weighted by Gasteiger charge is 2.28. The van der Waals surface area contributed by atoms with Gasteiger partial charge in [-0.2, -0.15) is 18.3 Å². The lowest BCUT2D eigenvalue weighted by Gasteiger charge is -2.05. The Bertz CT molecular complexity index is 545. The van der Waals surface area contributed by atoms with Crippen molar-refractivity contribution in [1.29, 1.82) is 0 Å².